The summed E-state index contributed by atoms with van der Waals surface area (Å²) in [4.78, 5) is 2.42. The smallest absolute Gasteiger partial charge is 0.0538 e. The SMILES string of the molecule is CCn1cc(C(CN)N(C)CC2CCCCC2)cn1. The van der Waals surface area contributed by atoms with Gasteiger partial charge in [-0.05, 0) is 32.7 Å². The first-order valence-electron chi connectivity index (χ1n) is 7.67. The van der Waals surface area contributed by atoms with Crippen LogP contribution < -0.4 is 5.73 Å². The summed E-state index contributed by atoms with van der Waals surface area (Å²) >= 11 is 0. The summed E-state index contributed by atoms with van der Waals surface area (Å²) in [6.45, 7) is 4.86. The highest BCUT2D eigenvalue weighted by Crippen LogP contribution is 2.27. The summed E-state index contributed by atoms with van der Waals surface area (Å²) in [6, 6.07) is 0.308. The third-order valence-electron chi connectivity index (χ3n) is 4.39. The van der Waals surface area contributed by atoms with Gasteiger partial charge in [0.25, 0.3) is 0 Å². The first-order chi connectivity index (χ1) is 9.24. The van der Waals surface area contributed by atoms with Gasteiger partial charge in [0.15, 0.2) is 0 Å². The summed E-state index contributed by atoms with van der Waals surface area (Å²) in [5, 5.41) is 4.37. The van der Waals surface area contributed by atoms with Gasteiger partial charge in [-0.15, -0.1) is 0 Å². The molecule has 0 radical (unpaired) electrons. The molecule has 4 nitrogen and oxygen atoms in total. The molecule has 19 heavy (non-hydrogen) atoms. The minimum Gasteiger partial charge on any atom is -0.329 e. The molecule has 0 spiro atoms. The summed E-state index contributed by atoms with van der Waals surface area (Å²) in [5.41, 5.74) is 7.24. The molecular weight excluding hydrogens is 236 g/mol. The molecule has 0 aromatic carbocycles. The minimum atomic E-state index is 0.308. The number of rotatable bonds is 6. The Morgan fingerprint density at radius 1 is 1.42 bits per heavy atom. The Hall–Kier alpha value is -0.870. The summed E-state index contributed by atoms with van der Waals surface area (Å²) in [6.07, 6.45) is 11.1. The van der Waals surface area contributed by atoms with Gasteiger partial charge < -0.3 is 5.73 Å². The van der Waals surface area contributed by atoms with Crippen molar-refractivity contribution in [3.8, 4) is 0 Å². The molecule has 2 N–H and O–H groups in total. The van der Waals surface area contributed by atoms with E-state index < -0.39 is 0 Å². The van der Waals surface area contributed by atoms with Crippen LogP contribution >= 0.6 is 0 Å². The average Bonchev–Trinajstić information content (AvgIpc) is 2.89. The molecule has 0 amide bonds. The van der Waals surface area contributed by atoms with Crippen molar-refractivity contribution in [3.05, 3.63) is 18.0 Å². The Morgan fingerprint density at radius 3 is 2.74 bits per heavy atom. The lowest BCUT2D eigenvalue weighted by Gasteiger charge is -2.31. The number of hydrogen-bond donors (Lipinski definition) is 1. The maximum Gasteiger partial charge on any atom is 0.0538 e. The molecule has 1 unspecified atom stereocenters. The van der Waals surface area contributed by atoms with E-state index in [0.29, 0.717) is 12.6 Å². The van der Waals surface area contributed by atoms with Crippen molar-refractivity contribution >= 4 is 0 Å². The molecule has 0 bridgehead atoms. The van der Waals surface area contributed by atoms with E-state index >= 15 is 0 Å². The topological polar surface area (TPSA) is 47.1 Å². The van der Waals surface area contributed by atoms with Gasteiger partial charge in [0.2, 0.25) is 0 Å². The van der Waals surface area contributed by atoms with Crippen LogP contribution in [0.4, 0.5) is 0 Å². The number of nitrogens with two attached hydrogens (primary N) is 1. The van der Waals surface area contributed by atoms with Gasteiger partial charge in [-0.3, -0.25) is 9.58 Å². The van der Waals surface area contributed by atoms with Crippen LogP contribution in [0, 0.1) is 5.92 Å². The molecule has 0 saturated heterocycles. The largest absolute Gasteiger partial charge is 0.329 e. The van der Waals surface area contributed by atoms with E-state index in [2.05, 4.69) is 30.2 Å². The Bertz CT molecular complexity index is 368. The van der Waals surface area contributed by atoms with Gasteiger partial charge in [0.1, 0.15) is 0 Å². The van der Waals surface area contributed by atoms with E-state index in [0.717, 1.165) is 12.5 Å². The molecule has 1 heterocycles. The first-order valence-corrected chi connectivity index (χ1v) is 7.67. The lowest BCUT2D eigenvalue weighted by molar-refractivity contribution is 0.185. The quantitative estimate of drug-likeness (QED) is 0.858. The average molecular weight is 264 g/mol. The van der Waals surface area contributed by atoms with Crippen molar-refractivity contribution in [2.24, 2.45) is 11.7 Å². The molecular formula is C15H28N4. The summed E-state index contributed by atoms with van der Waals surface area (Å²) in [7, 11) is 2.20. The Balaban J connectivity index is 1.95. The van der Waals surface area contributed by atoms with Crippen molar-refractivity contribution in [2.75, 3.05) is 20.1 Å². The van der Waals surface area contributed by atoms with E-state index in [1.54, 1.807) is 0 Å². The third kappa shape index (κ3) is 3.80. The molecule has 108 valence electrons. The molecule has 0 aliphatic heterocycles. The molecule has 1 aliphatic rings. The molecule has 2 rings (SSSR count). The van der Waals surface area contributed by atoms with Crippen molar-refractivity contribution < 1.29 is 0 Å². The van der Waals surface area contributed by atoms with Crippen LogP contribution in [0.5, 0.6) is 0 Å². The normalized spacial score (nSPS) is 18.9. The van der Waals surface area contributed by atoms with Gasteiger partial charge in [-0.2, -0.15) is 5.10 Å². The molecule has 1 saturated carbocycles. The predicted molar refractivity (Wildman–Crippen MR) is 78.9 cm³/mol. The number of likely N-dealkylation sites (N-methyl/N-ethyl adjacent to an activating group) is 1. The van der Waals surface area contributed by atoms with Crippen LogP contribution in [-0.4, -0.2) is 34.8 Å². The fourth-order valence-corrected chi connectivity index (χ4v) is 3.20. The van der Waals surface area contributed by atoms with Crippen molar-refractivity contribution in [2.45, 2.75) is 51.6 Å². The van der Waals surface area contributed by atoms with Crippen LogP contribution in [-0.2, 0) is 6.54 Å². The van der Waals surface area contributed by atoms with Gasteiger partial charge in [-0.25, -0.2) is 0 Å². The van der Waals surface area contributed by atoms with E-state index in [-0.39, 0.29) is 0 Å². The van der Waals surface area contributed by atoms with E-state index in [4.69, 9.17) is 5.73 Å². The molecule has 1 aliphatic carbocycles. The van der Waals surface area contributed by atoms with Gasteiger partial charge in [0, 0.05) is 37.4 Å². The zero-order valence-corrected chi connectivity index (χ0v) is 12.4. The lowest BCUT2D eigenvalue weighted by atomic mass is 9.88. The predicted octanol–water partition coefficient (Wildman–Crippen LogP) is 2.41. The van der Waals surface area contributed by atoms with E-state index in [1.807, 2.05) is 10.9 Å². The minimum absolute atomic E-state index is 0.308. The Morgan fingerprint density at radius 2 is 2.16 bits per heavy atom. The zero-order chi connectivity index (χ0) is 13.7. The van der Waals surface area contributed by atoms with Crippen LogP contribution in [0.2, 0.25) is 0 Å². The summed E-state index contributed by atoms with van der Waals surface area (Å²) in [5.74, 6) is 0.856. The van der Waals surface area contributed by atoms with Crippen LogP contribution in [0.1, 0.15) is 50.6 Å². The lowest BCUT2D eigenvalue weighted by Crippen LogP contribution is -2.34. The van der Waals surface area contributed by atoms with Gasteiger partial charge in [0.05, 0.1) is 6.20 Å². The Labute approximate surface area is 117 Å². The second kappa shape index (κ2) is 7.06. The fourth-order valence-electron chi connectivity index (χ4n) is 3.20. The monoisotopic (exact) mass is 264 g/mol. The Kier molecular flexibility index (Phi) is 5.40. The van der Waals surface area contributed by atoms with Crippen molar-refractivity contribution in [1.29, 1.82) is 0 Å². The summed E-state index contributed by atoms with van der Waals surface area (Å²) < 4.78 is 1.98. The maximum absolute atomic E-state index is 5.98. The maximum atomic E-state index is 5.98. The number of aromatic nitrogens is 2. The highest BCUT2D eigenvalue weighted by Gasteiger charge is 2.21. The van der Waals surface area contributed by atoms with E-state index in [9.17, 15) is 0 Å². The number of aryl methyl sites for hydroxylation is 1. The van der Waals surface area contributed by atoms with Crippen LogP contribution in [0.25, 0.3) is 0 Å². The molecule has 4 heteroatoms. The zero-order valence-electron chi connectivity index (χ0n) is 12.4. The standard InChI is InChI=1S/C15H28N4/c1-3-19-12-14(10-17-19)15(9-16)18(2)11-13-7-5-4-6-8-13/h10,12-13,15H,3-9,11,16H2,1-2H3. The highest BCUT2D eigenvalue weighted by molar-refractivity contribution is 5.11. The first kappa shape index (κ1) is 14.5. The van der Waals surface area contributed by atoms with Crippen LogP contribution in [0.3, 0.4) is 0 Å². The fraction of sp³-hybridized carbons (Fsp3) is 0.800. The highest BCUT2D eigenvalue weighted by atomic mass is 15.3. The van der Waals surface area contributed by atoms with E-state index in [1.165, 1.54) is 44.2 Å². The molecule has 1 fully saturated rings. The van der Waals surface area contributed by atoms with Gasteiger partial charge >= 0.3 is 0 Å². The molecule has 1 aromatic heterocycles. The van der Waals surface area contributed by atoms with Crippen molar-refractivity contribution in [3.63, 3.8) is 0 Å². The number of nitrogens with zero attached hydrogens (tertiary/aromatic N) is 3. The van der Waals surface area contributed by atoms with Crippen LogP contribution in [0.15, 0.2) is 12.4 Å². The molecule has 1 aromatic rings. The molecule has 1 atom stereocenters. The number of hydrogen-bond acceptors (Lipinski definition) is 3. The van der Waals surface area contributed by atoms with Crippen molar-refractivity contribution in [1.82, 2.24) is 14.7 Å². The second-order valence-electron chi connectivity index (χ2n) is 5.82. The second-order valence-corrected chi connectivity index (χ2v) is 5.82. The van der Waals surface area contributed by atoms with Gasteiger partial charge in [-0.1, -0.05) is 19.3 Å². The third-order valence-corrected chi connectivity index (χ3v) is 4.39.